The Morgan fingerprint density at radius 3 is 2.90 bits per heavy atom. The molecule has 6 heteroatoms. The number of benzene rings is 1. The summed E-state index contributed by atoms with van der Waals surface area (Å²) < 4.78 is 2.61. The van der Waals surface area contributed by atoms with Crippen LogP contribution < -0.4 is 5.73 Å². The molecular formula is C15H12BrN5. The van der Waals surface area contributed by atoms with Gasteiger partial charge in [0.15, 0.2) is 0 Å². The van der Waals surface area contributed by atoms with Crippen molar-refractivity contribution < 1.29 is 0 Å². The number of nitrogen functional groups attached to an aromatic ring is 1. The Bertz CT molecular complexity index is 876. The molecule has 0 aliphatic rings. The van der Waals surface area contributed by atoms with Crippen LogP contribution in [-0.2, 0) is 6.54 Å². The Labute approximate surface area is 130 Å². The van der Waals surface area contributed by atoms with E-state index in [2.05, 4.69) is 38.0 Å². The van der Waals surface area contributed by atoms with Gasteiger partial charge in [-0.1, -0.05) is 29.8 Å². The van der Waals surface area contributed by atoms with Crippen LogP contribution in [-0.4, -0.2) is 14.5 Å². The topological polar surface area (TPSA) is 80.5 Å². The first-order valence-corrected chi connectivity index (χ1v) is 7.15. The molecule has 2 heterocycles. The molecule has 0 radical (unpaired) electrons. The van der Waals surface area contributed by atoms with Crippen LogP contribution in [0.25, 0.3) is 11.0 Å². The number of hydrogen-bond donors (Lipinski definition) is 1. The highest BCUT2D eigenvalue weighted by Gasteiger charge is 2.19. The minimum absolute atomic E-state index is 0.320. The summed E-state index contributed by atoms with van der Waals surface area (Å²) in [6, 6.07) is 10.4. The first-order valence-electron chi connectivity index (χ1n) is 6.35. The number of rotatable bonds is 2. The maximum absolute atomic E-state index is 9.36. The number of anilines is 1. The summed E-state index contributed by atoms with van der Waals surface area (Å²) in [6.45, 7) is 2.66. The summed E-state index contributed by atoms with van der Waals surface area (Å²) in [6.07, 6.45) is 1.41. The summed E-state index contributed by atoms with van der Waals surface area (Å²) in [5.74, 6) is 0.320. The second-order valence-electron chi connectivity index (χ2n) is 4.81. The van der Waals surface area contributed by atoms with Gasteiger partial charge in [0.25, 0.3) is 0 Å². The van der Waals surface area contributed by atoms with Gasteiger partial charge in [-0.3, -0.25) is 0 Å². The molecule has 1 aromatic carbocycles. The molecule has 0 unspecified atom stereocenters. The molecule has 0 spiro atoms. The third-order valence-electron chi connectivity index (χ3n) is 3.34. The van der Waals surface area contributed by atoms with Gasteiger partial charge in [0.1, 0.15) is 28.5 Å². The zero-order valence-electron chi connectivity index (χ0n) is 11.3. The van der Waals surface area contributed by atoms with Gasteiger partial charge in [-0.15, -0.1) is 0 Å². The van der Waals surface area contributed by atoms with Crippen LogP contribution in [0, 0.1) is 18.3 Å². The van der Waals surface area contributed by atoms with Crippen molar-refractivity contribution in [2.75, 3.05) is 5.73 Å². The lowest BCUT2D eigenvalue weighted by Gasteiger charge is -2.07. The SMILES string of the molecule is Cc1cccc(Cn2c(Br)c(C#N)c3c(N)ncnc32)c1. The summed E-state index contributed by atoms with van der Waals surface area (Å²) in [4.78, 5) is 8.25. The van der Waals surface area contributed by atoms with Gasteiger partial charge in [-0.2, -0.15) is 5.26 Å². The molecule has 0 amide bonds. The van der Waals surface area contributed by atoms with Gasteiger partial charge in [-0.25, -0.2) is 9.97 Å². The number of fused-ring (bicyclic) bond motifs is 1. The molecule has 2 aromatic heterocycles. The summed E-state index contributed by atoms with van der Waals surface area (Å²) >= 11 is 3.48. The number of halogens is 1. The molecule has 5 nitrogen and oxygen atoms in total. The molecule has 104 valence electrons. The van der Waals surface area contributed by atoms with Crippen molar-refractivity contribution in [3.05, 3.63) is 51.9 Å². The van der Waals surface area contributed by atoms with Crippen LogP contribution >= 0.6 is 15.9 Å². The summed E-state index contributed by atoms with van der Waals surface area (Å²) in [5, 5.41) is 9.96. The number of aryl methyl sites for hydroxylation is 1. The highest BCUT2D eigenvalue weighted by Crippen LogP contribution is 2.31. The van der Waals surface area contributed by atoms with Crippen molar-refractivity contribution in [1.29, 1.82) is 5.26 Å². The van der Waals surface area contributed by atoms with Crippen LogP contribution in [0.3, 0.4) is 0 Å². The molecule has 21 heavy (non-hydrogen) atoms. The average molecular weight is 342 g/mol. The van der Waals surface area contributed by atoms with Gasteiger partial charge in [0.05, 0.1) is 17.5 Å². The second kappa shape index (κ2) is 5.19. The van der Waals surface area contributed by atoms with Crippen molar-refractivity contribution >= 4 is 32.8 Å². The molecule has 3 aromatic rings. The van der Waals surface area contributed by atoms with Crippen molar-refractivity contribution in [2.45, 2.75) is 13.5 Å². The Hall–Kier alpha value is -2.39. The van der Waals surface area contributed by atoms with Crippen LogP contribution in [0.1, 0.15) is 16.7 Å². The van der Waals surface area contributed by atoms with Gasteiger partial charge in [-0.05, 0) is 28.4 Å². The molecule has 2 N–H and O–H groups in total. The Morgan fingerprint density at radius 1 is 1.38 bits per heavy atom. The minimum atomic E-state index is 0.320. The van der Waals surface area contributed by atoms with E-state index in [1.54, 1.807) is 0 Å². The Morgan fingerprint density at radius 2 is 2.19 bits per heavy atom. The maximum Gasteiger partial charge on any atom is 0.148 e. The smallest absolute Gasteiger partial charge is 0.148 e. The van der Waals surface area contributed by atoms with E-state index in [-0.39, 0.29) is 0 Å². The van der Waals surface area contributed by atoms with E-state index in [0.29, 0.717) is 33.6 Å². The van der Waals surface area contributed by atoms with E-state index < -0.39 is 0 Å². The molecule has 0 saturated heterocycles. The van der Waals surface area contributed by atoms with Crippen LogP contribution in [0.4, 0.5) is 5.82 Å². The van der Waals surface area contributed by atoms with Crippen LogP contribution in [0.5, 0.6) is 0 Å². The van der Waals surface area contributed by atoms with E-state index in [0.717, 1.165) is 5.56 Å². The van der Waals surface area contributed by atoms with Crippen molar-refractivity contribution in [3.8, 4) is 6.07 Å². The third kappa shape index (κ3) is 2.26. The van der Waals surface area contributed by atoms with Crippen molar-refractivity contribution in [2.24, 2.45) is 0 Å². The molecule has 0 atom stereocenters. The van der Waals surface area contributed by atoms with E-state index in [4.69, 9.17) is 5.73 Å². The van der Waals surface area contributed by atoms with Gasteiger partial charge >= 0.3 is 0 Å². The number of nitrogens with two attached hydrogens (primary N) is 1. The fourth-order valence-electron chi connectivity index (χ4n) is 2.40. The zero-order valence-corrected chi connectivity index (χ0v) is 12.9. The Balaban J connectivity index is 2.22. The Kier molecular flexibility index (Phi) is 3.35. The lowest BCUT2D eigenvalue weighted by molar-refractivity contribution is 0.803. The molecule has 0 fully saturated rings. The monoisotopic (exact) mass is 341 g/mol. The molecule has 0 saturated carbocycles. The number of nitriles is 1. The molecular weight excluding hydrogens is 330 g/mol. The number of nitrogens with zero attached hydrogens (tertiary/aromatic N) is 4. The van der Waals surface area contributed by atoms with Gasteiger partial charge < -0.3 is 10.3 Å². The maximum atomic E-state index is 9.36. The first-order chi connectivity index (χ1) is 10.1. The summed E-state index contributed by atoms with van der Waals surface area (Å²) in [7, 11) is 0. The molecule has 0 aliphatic heterocycles. The highest BCUT2D eigenvalue weighted by atomic mass is 79.9. The van der Waals surface area contributed by atoms with E-state index >= 15 is 0 Å². The molecule has 0 aliphatic carbocycles. The predicted molar refractivity (Wildman–Crippen MR) is 84.6 cm³/mol. The second-order valence-corrected chi connectivity index (χ2v) is 5.56. The summed E-state index contributed by atoms with van der Waals surface area (Å²) in [5.41, 5.74) is 9.35. The van der Waals surface area contributed by atoms with Gasteiger partial charge in [0.2, 0.25) is 0 Å². The standard InChI is InChI=1S/C15H12BrN5/c1-9-3-2-4-10(5-9)7-21-13(16)11(6-17)12-14(18)19-8-20-15(12)21/h2-5,8H,7H2,1H3,(H2,18,19,20). The van der Waals surface area contributed by atoms with Crippen molar-refractivity contribution in [3.63, 3.8) is 0 Å². The quantitative estimate of drug-likeness (QED) is 0.776. The van der Waals surface area contributed by atoms with E-state index in [9.17, 15) is 5.26 Å². The number of hydrogen-bond acceptors (Lipinski definition) is 4. The minimum Gasteiger partial charge on any atom is -0.383 e. The molecule has 3 rings (SSSR count). The fourth-order valence-corrected chi connectivity index (χ4v) is 2.98. The normalized spacial score (nSPS) is 10.7. The lowest BCUT2D eigenvalue weighted by Crippen LogP contribution is -2.02. The van der Waals surface area contributed by atoms with E-state index in [1.165, 1.54) is 11.9 Å². The van der Waals surface area contributed by atoms with Crippen LogP contribution in [0.2, 0.25) is 0 Å². The van der Waals surface area contributed by atoms with Crippen LogP contribution in [0.15, 0.2) is 35.2 Å². The number of aromatic nitrogens is 3. The third-order valence-corrected chi connectivity index (χ3v) is 4.17. The van der Waals surface area contributed by atoms with Gasteiger partial charge in [0, 0.05) is 0 Å². The fraction of sp³-hybridized carbons (Fsp3) is 0.133. The zero-order chi connectivity index (χ0) is 15.0. The first kappa shape index (κ1) is 13.6. The van der Waals surface area contributed by atoms with Crippen molar-refractivity contribution in [1.82, 2.24) is 14.5 Å². The lowest BCUT2D eigenvalue weighted by atomic mass is 10.1. The highest BCUT2D eigenvalue weighted by molar-refractivity contribution is 9.10. The van der Waals surface area contributed by atoms with E-state index in [1.807, 2.05) is 29.7 Å². The largest absolute Gasteiger partial charge is 0.383 e. The predicted octanol–water partition coefficient (Wildman–Crippen LogP) is 3.00. The molecule has 0 bridgehead atoms. The average Bonchev–Trinajstić information content (AvgIpc) is 2.73.